The number of carbonyl (C=O) groups is 1. The van der Waals surface area contributed by atoms with Crippen molar-refractivity contribution < 1.29 is 38.1 Å². The molecule has 1 aliphatic heterocycles. The minimum absolute atomic E-state index is 0.0710. The Bertz CT molecular complexity index is 1070. The maximum Gasteiger partial charge on any atom is 0.653 e. The lowest BCUT2D eigenvalue weighted by molar-refractivity contribution is -0.148. The average Bonchev–Trinajstić information content (AvgIpc) is 2.99. The molecule has 1 fully saturated rings. The number of nitrogens with zero attached hydrogens (tertiary/aromatic N) is 3. The highest BCUT2D eigenvalue weighted by molar-refractivity contribution is 7.36. The number of anilines is 1. The molecule has 2 unspecified atom stereocenters. The smallest absolute Gasteiger partial charge is 0.480 e. The second-order valence-electron chi connectivity index (χ2n) is 7.42. The first-order chi connectivity index (χ1) is 15.5. The van der Waals surface area contributed by atoms with E-state index in [2.05, 4.69) is 4.98 Å². The van der Waals surface area contributed by atoms with Gasteiger partial charge in [-0.05, 0) is 36.6 Å². The molecule has 0 radical (unpaired) electrons. The number of nitrogens with two attached hydrogens (primary N) is 1. The van der Waals surface area contributed by atoms with Crippen LogP contribution in [0.4, 0.5) is 10.2 Å². The van der Waals surface area contributed by atoms with Crippen molar-refractivity contribution in [3.63, 3.8) is 0 Å². The van der Waals surface area contributed by atoms with Gasteiger partial charge < -0.3 is 25.5 Å². The zero-order chi connectivity index (χ0) is 24.3. The molecule has 1 saturated heterocycles. The van der Waals surface area contributed by atoms with E-state index >= 15 is 4.39 Å². The van der Waals surface area contributed by atoms with Crippen LogP contribution in [0, 0.1) is 0 Å². The Labute approximate surface area is 188 Å². The first-order valence-electron chi connectivity index (χ1n) is 9.74. The number of aliphatic hydroxyl groups excluding tert-OH is 1. The van der Waals surface area contributed by atoms with Gasteiger partial charge >= 0.3 is 19.8 Å². The molecule has 3 rings (SSSR count). The SMILES string of the molecule is CC(C(=O)O)N(Oc1ccccc1)[P+](=O)OC[C@H]1O[C@@H](n2ccc(N)nc2=O)[C@](C)(F)[C@@H]1O. The van der Waals surface area contributed by atoms with E-state index in [-0.39, 0.29) is 11.6 Å². The number of carboxylic acid groups (broad SMARTS) is 1. The molecular weight excluding hydrogens is 462 g/mol. The number of ether oxygens (including phenoxy) is 1. The molecule has 0 saturated carbocycles. The molecule has 1 aromatic heterocycles. The van der Waals surface area contributed by atoms with Crippen molar-refractivity contribution in [3.05, 3.63) is 53.1 Å². The molecule has 6 atom stereocenters. The summed E-state index contributed by atoms with van der Waals surface area (Å²) in [4.78, 5) is 33.0. The maximum atomic E-state index is 15.3. The number of carboxylic acids is 1. The van der Waals surface area contributed by atoms with E-state index in [1.54, 1.807) is 18.2 Å². The van der Waals surface area contributed by atoms with Crippen molar-refractivity contribution in [1.29, 1.82) is 0 Å². The Morgan fingerprint density at radius 3 is 2.70 bits per heavy atom. The van der Waals surface area contributed by atoms with Crippen molar-refractivity contribution in [2.24, 2.45) is 0 Å². The fourth-order valence-corrected chi connectivity index (χ4v) is 4.02. The van der Waals surface area contributed by atoms with Gasteiger partial charge in [-0.1, -0.05) is 18.2 Å². The summed E-state index contributed by atoms with van der Waals surface area (Å²) in [6.07, 6.45) is -3.50. The van der Waals surface area contributed by atoms with E-state index in [0.717, 1.165) is 11.5 Å². The normalized spacial score (nSPS) is 26.2. The predicted molar refractivity (Wildman–Crippen MR) is 112 cm³/mol. The highest BCUT2D eigenvalue weighted by Gasteiger charge is 2.56. The Balaban J connectivity index is 1.73. The van der Waals surface area contributed by atoms with E-state index in [9.17, 15) is 24.4 Å². The molecule has 4 N–H and O–H groups in total. The highest BCUT2D eigenvalue weighted by Crippen LogP contribution is 2.42. The molecule has 0 amide bonds. The summed E-state index contributed by atoms with van der Waals surface area (Å²) in [5.41, 5.74) is 2.12. The molecule has 33 heavy (non-hydrogen) atoms. The van der Waals surface area contributed by atoms with E-state index in [4.69, 9.17) is 19.8 Å². The molecule has 0 spiro atoms. The standard InChI is InChI=1S/C19H22FN4O8P/c1-11(16(26)27)24(32-12-6-4-3-5-7-12)33(29)30-10-13-15(25)19(2,20)17(31-13)23-9-8-14(21)22-18(23)28/h3-9,11,13,15,17,25H,10H2,1-2H3,(H2-,21,22,26,27,28)/p+1/t11?,13-,15-,17-,19-/m1/s1. The Kier molecular flexibility index (Phi) is 7.40. The van der Waals surface area contributed by atoms with Gasteiger partial charge in [-0.3, -0.25) is 9.36 Å². The summed E-state index contributed by atoms with van der Waals surface area (Å²) >= 11 is 0. The number of aromatic nitrogens is 2. The van der Waals surface area contributed by atoms with Crippen molar-refractivity contribution >= 4 is 20.0 Å². The lowest BCUT2D eigenvalue weighted by atomic mass is 9.98. The van der Waals surface area contributed by atoms with Gasteiger partial charge in [0, 0.05) is 6.20 Å². The van der Waals surface area contributed by atoms with Crippen LogP contribution in [0.25, 0.3) is 0 Å². The van der Waals surface area contributed by atoms with Crippen molar-refractivity contribution in [3.8, 4) is 5.75 Å². The van der Waals surface area contributed by atoms with Crippen molar-refractivity contribution in [2.45, 2.75) is 44.0 Å². The van der Waals surface area contributed by atoms with Gasteiger partial charge in [0.25, 0.3) is 0 Å². The van der Waals surface area contributed by atoms with Gasteiger partial charge in [-0.15, -0.1) is 4.52 Å². The molecule has 0 aliphatic carbocycles. The molecule has 14 heteroatoms. The molecule has 1 aromatic carbocycles. The lowest BCUT2D eigenvalue weighted by Gasteiger charge is -2.24. The van der Waals surface area contributed by atoms with Crippen LogP contribution < -0.4 is 16.3 Å². The molecule has 2 heterocycles. The fourth-order valence-electron chi connectivity index (χ4n) is 3.09. The summed E-state index contributed by atoms with van der Waals surface area (Å²) in [5, 5.41) is 19.7. The zero-order valence-electron chi connectivity index (χ0n) is 17.6. The number of benzene rings is 1. The summed E-state index contributed by atoms with van der Waals surface area (Å²) in [7, 11) is -2.92. The van der Waals surface area contributed by atoms with Gasteiger partial charge in [-0.25, -0.2) is 9.18 Å². The number of alkyl halides is 1. The second kappa shape index (κ2) is 9.89. The summed E-state index contributed by atoms with van der Waals surface area (Å²) < 4.78 is 39.5. The molecule has 0 bridgehead atoms. The van der Waals surface area contributed by atoms with E-state index < -0.39 is 56.6 Å². The van der Waals surface area contributed by atoms with Crippen LogP contribution in [-0.4, -0.2) is 61.1 Å². The Morgan fingerprint density at radius 1 is 1.42 bits per heavy atom. The number of hydroxylamine groups is 1. The minimum Gasteiger partial charge on any atom is -0.480 e. The number of hydrogen-bond acceptors (Lipinski definition) is 9. The monoisotopic (exact) mass is 485 g/mol. The zero-order valence-corrected chi connectivity index (χ0v) is 18.5. The second-order valence-corrected chi connectivity index (χ2v) is 8.55. The lowest BCUT2D eigenvalue weighted by Crippen LogP contribution is -2.43. The van der Waals surface area contributed by atoms with E-state index in [1.807, 2.05) is 0 Å². The van der Waals surface area contributed by atoms with Crippen LogP contribution in [0.2, 0.25) is 0 Å². The first-order valence-corrected chi connectivity index (χ1v) is 10.9. The molecule has 1 aliphatic rings. The summed E-state index contributed by atoms with van der Waals surface area (Å²) in [6.45, 7) is 1.67. The predicted octanol–water partition coefficient (Wildman–Crippen LogP) is 1.26. The third-order valence-corrected chi connectivity index (χ3v) is 6.08. The number of aliphatic carboxylic acids is 1. The van der Waals surface area contributed by atoms with E-state index in [1.165, 1.54) is 31.3 Å². The van der Waals surface area contributed by atoms with Gasteiger partial charge in [0.1, 0.15) is 29.5 Å². The van der Waals surface area contributed by atoms with Crippen LogP contribution in [-0.2, 0) is 18.6 Å². The third kappa shape index (κ3) is 5.34. The number of rotatable bonds is 9. The third-order valence-electron chi connectivity index (χ3n) is 4.96. The van der Waals surface area contributed by atoms with Gasteiger partial charge in [-0.2, -0.15) is 4.98 Å². The number of hydrogen-bond donors (Lipinski definition) is 3. The van der Waals surface area contributed by atoms with Crippen molar-refractivity contribution in [1.82, 2.24) is 14.4 Å². The van der Waals surface area contributed by atoms with Crippen LogP contribution in [0.15, 0.2) is 47.4 Å². The molecule has 12 nitrogen and oxygen atoms in total. The average molecular weight is 485 g/mol. The van der Waals surface area contributed by atoms with Gasteiger partial charge in [0.05, 0.1) is 0 Å². The fraction of sp³-hybridized carbons (Fsp3) is 0.421. The number of para-hydroxylation sites is 1. The summed E-state index contributed by atoms with van der Waals surface area (Å²) in [6, 6.07) is 7.90. The number of nitrogen functional groups attached to an aromatic ring is 1. The van der Waals surface area contributed by atoms with Gasteiger partial charge in [0.2, 0.25) is 0 Å². The minimum atomic E-state index is -2.92. The van der Waals surface area contributed by atoms with Crippen molar-refractivity contribution in [2.75, 3.05) is 12.3 Å². The topological polar surface area (TPSA) is 166 Å². The number of halogens is 1. The highest BCUT2D eigenvalue weighted by atomic mass is 31.1. The summed E-state index contributed by atoms with van der Waals surface area (Å²) in [5.74, 6) is -1.19. The number of aliphatic hydroxyl groups is 1. The Hall–Kier alpha value is -2.96. The quantitative estimate of drug-likeness (QED) is 0.346. The van der Waals surface area contributed by atoms with Crippen LogP contribution in [0.3, 0.4) is 0 Å². The first kappa shape index (κ1) is 24.7. The van der Waals surface area contributed by atoms with Crippen LogP contribution in [0.1, 0.15) is 20.1 Å². The maximum absolute atomic E-state index is 15.3. The molecule has 178 valence electrons. The Morgan fingerprint density at radius 2 is 2.09 bits per heavy atom. The van der Waals surface area contributed by atoms with E-state index in [0.29, 0.717) is 4.83 Å². The molecular formula is C19H23FN4O8P+. The van der Waals surface area contributed by atoms with Crippen LogP contribution in [0.5, 0.6) is 5.75 Å². The largest absolute Gasteiger partial charge is 0.653 e. The van der Waals surface area contributed by atoms with Crippen LogP contribution >= 0.6 is 8.18 Å². The van der Waals surface area contributed by atoms with Gasteiger partial charge in [0.15, 0.2) is 23.7 Å². The molecule has 2 aromatic rings.